The zero-order valence-corrected chi connectivity index (χ0v) is 19.2. The van der Waals surface area contributed by atoms with Gasteiger partial charge in [-0.2, -0.15) is 0 Å². The monoisotopic (exact) mass is 457 g/mol. The Morgan fingerprint density at radius 1 is 0.853 bits per heavy atom. The van der Waals surface area contributed by atoms with Crippen LogP contribution in [-0.2, 0) is 24.4 Å². The predicted molar refractivity (Wildman–Crippen MR) is 129 cm³/mol. The van der Waals surface area contributed by atoms with Crippen LogP contribution in [0.1, 0.15) is 42.2 Å². The van der Waals surface area contributed by atoms with Crippen LogP contribution < -0.4 is 9.47 Å². The van der Waals surface area contributed by atoms with Crippen LogP contribution in [0.5, 0.6) is 11.5 Å². The average Bonchev–Trinajstić information content (AvgIpc) is 3.27. The molecule has 4 aromatic rings. The van der Waals surface area contributed by atoms with Crippen molar-refractivity contribution in [1.82, 2.24) is 5.16 Å². The molecular weight excluding hydrogens is 430 g/mol. The lowest BCUT2D eigenvalue weighted by atomic mass is 10.0. The lowest BCUT2D eigenvalue weighted by Crippen LogP contribution is -2.01. The Morgan fingerprint density at radius 2 is 1.44 bits per heavy atom. The van der Waals surface area contributed by atoms with Crippen LogP contribution in [0.3, 0.4) is 0 Å². The van der Waals surface area contributed by atoms with Gasteiger partial charge < -0.3 is 19.1 Å². The molecule has 0 atom stereocenters. The van der Waals surface area contributed by atoms with Gasteiger partial charge in [-0.1, -0.05) is 73.6 Å². The van der Waals surface area contributed by atoms with Gasteiger partial charge in [-0.3, -0.25) is 4.79 Å². The molecular formula is C28H27NO5. The molecule has 0 amide bonds. The van der Waals surface area contributed by atoms with Gasteiger partial charge in [0.1, 0.15) is 36.2 Å². The molecule has 4 rings (SSSR count). The van der Waals surface area contributed by atoms with Gasteiger partial charge in [-0.25, -0.2) is 0 Å². The summed E-state index contributed by atoms with van der Waals surface area (Å²) in [5.41, 5.74) is 4.51. The summed E-state index contributed by atoms with van der Waals surface area (Å²) < 4.78 is 17.5. The number of carboxylic acid groups (broad SMARTS) is 1. The van der Waals surface area contributed by atoms with E-state index in [1.807, 2.05) is 54.6 Å². The van der Waals surface area contributed by atoms with E-state index in [0.717, 1.165) is 39.5 Å². The van der Waals surface area contributed by atoms with E-state index in [1.54, 1.807) is 24.3 Å². The van der Waals surface area contributed by atoms with E-state index in [-0.39, 0.29) is 12.3 Å². The van der Waals surface area contributed by atoms with Crippen molar-refractivity contribution < 1.29 is 23.9 Å². The summed E-state index contributed by atoms with van der Waals surface area (Å²) in [5, 5.41) is 13.2. The second-order valence-electron chi connectivity index (χ2n) is 8.33. The topological polar surface area (TPSA) is 81.8 Å². The number of carbonyl (C=O) groups is 1. The third-order valence-corrected chi connectivity index (χ3v) is 5.38. The van der Waals surface area contributed by atoms with E-state index < -0.39 is 5.97 Å². The number of hydrogen-bond donors (Lipinski definition) is 1. The van der Waals surface area contributed by atoms with Crippen LogP contribution in [0.2, 0.25) is 0 Å². The standard InChI is InChI=1S/C28H27NO5/c1-19(2)28-25(27(29-34-28)22-6-4-3-5-7-22)18-33-24-14-10-21(11-15-24)17-32-23-12-8-20(9-13-23)16-26(30)31/h3-15,19H,16-18H2,1-2H3,(H,30,31). The highest BCUT2D eigenvalue weighted by atomic mass is 16.5. The van der Waals surface area contributed by atoms with E-state index in [4.69, 9.17) is 19.1 Å². The lowest BCUT2D eigenvalue weighted by Gasteiger charge is -2.11. The SMILES string of the molecule is CC(C)c1onc(-c2ccccc2)c1COc1ccc(COc2ccc(CC(=O)O)cc2)cc1. The third kappa shape index (κ3) is 5.84. The number of benzene rings is 3. The fraction of sp³-hybridized carbons (Fsp3) is 0.214. The van der Waals surface area contributed by atoms with Crippen molar-refractivity contribution in [2.45, 2.75) is 39.4 Å². The van der Waals surface area contributed by atoms with Crippen molar-refractivity contribution in [1.29, 1.82) is 0 Å². The fourth-order valence-electron chi connectivity index (χ4n) is 3.62. The summed E-state index contributed by atoms with van der Waals surface area (Å²) in [6.07, 6.45) is 0.00211. The Balaban J connectivity index is 1.37. The number of aliphatic carboxylic acids is 1. The first-order valence-electron chi connectivity index (χ1n) is 11.2. The average molecular weight is 458 g/mol. The minimum absolute atomic E-state index is 0.00211. The van der Waals surface area contributed by atoms with E-state index >= 15 is 0 Å². The third-order valence-electron chi connectivity index (χ3n) is 5.38. The molecule has 6 heteroatoms. The lowest BCUT2D eigenvalue weighted by molar-refractivity contribution is -0.136. The number of nitrogens with zero attached hydrogens (tertiary/aromatic N) is 1. The summed E-state index contributed by atoms with van der Waals surface area (Å²) in [5.74, 6) is 1.62. The fourth-order valence-corrected chi connectivity index (χ4v) is 3.62. The van der Waals surface area contributed by atoms with Gasteiger partial charge in [-0.15, -0.1) is 0 Å². The molecule has 34 heavy (non-hydrogen) atoms. The molecule has 0 aliphatic rings. The van der Waals surface area contributed by atoms with E-state index in [1.165, 1.54) is 0 Å². The first-order valence-corrected chi connectivity index (χ1v) is 11.2. The first kappa shape index (κ1) is 23.1. The molecule has 0 saturated carbocycles. The van der Waals surface area contributed by atoms with Crippen LogP contribution >= 0.6 is 0 Å². The molecule has 0 spiro atoms. The number of carboxylic acids is 1. The first-order chi connectivity index (χ1) is 16.5. The summed E-state index contributed by atoms with van der Waals surface area (Å²) in [6.45, 7) is 4.92. The molecule has 1 N–H and O–H groups in total. The van der Waals surface area contributed by atoms with Crippen molar-refractivity contribution in [3.63, 3.8) is 0 Å². The maximum Gasteiger partial charge on any atom is 0.307 e. The number of aromatic nitrogens is 1. The Morgan fingerprint density at radius 3 is 2.03 bits per heavy atom. The van der Waals surface area contributed by atoms with Crippen LogP contribution in [0.4, 0.5) is 0 Å². The maximum atomic E-state index is 10.8. The number of ether oxygens (including phenoxy) is 2. The highest BCUT2D eigenvalue weighted by Crippen LogP contribution is 2.31. The molecule has 3 aromatic carbocycles. The number of hydrogen-bond acceptors (Lipinski definition) is 5. The summed E-state index contributed by atoms with van der Waals surface area (Å²) >= 11 is 0. The molecule has 0 bridgehead atoms. The highest BCUT2D eigenvalue weighted by molar-refractivity contribution is 5.70. The van der Waals surface area contributed by atoms with Crippen LogP contribution in [0.25, 0.3) is 11.3 Å². The second kappa shape index (κ2) is 10.7. The normalized spacial score (nSPS) is 10.9. The molecule has 0 fully saturated rings. The maximum absolute atomic E-state index is 10.8. The molecule has 1 heterocycles. The summed E-state index contributed by atoms with van der Waals surface area (Å²) in [6, 6.07) is 24.8. The molecule has 0 saturated heterocycles. The van der Waals surface area contributed by atoms with Gasteiger partial charge in [0.2, 0.25) is 0 Å². The van der Waals surface area contributed by atoms with Gasteiger partial charge in [0.25, 0.3) is 0 Å². The van der Waals surface area contributed by atoms with Crippen molar-refractivity contribution in [3.05, 3.63) is 101 Å². The van der Waals surface area contributed by atoms with Crippen LogP contribution in [0.15, 0.2) is 83.4 Å². The van der Waals surface area contributed by atoms with Crippen LogP contribution in [0, 0.1) is 0 Å². The summed E-state index contributed by atoms with van der Waals surface area (Å²) in [7, 11) is 0. The molecule has 174 valence electrons. The Bertz CT molecular complexity index is 1210. The Hall–Kier alpha value is -4.06. The van der Waals surface area contributed by atoms with E-state index in [2.05, 4.69) is 19.0 Å². The molecule has 0 radical (unpaired) electrons. The van der Waals surface area contributed by atoms with Gasteiger partial charge in [0.05, 0.1) is 12.0 Å². The van der Waals surface area contributed by atoms with Gasteiger partial charge in [0, 0.05) is 11.5 Å². The Labute approximate surface area is 198 Å². The van der Waals surface area contributed by atoms with E-state index in [0.29, 0.717) is 19.0 Å². The number of rotatable bonds is 10. The van der Waals surface area contributed by atoms with Crippen LogP contribution in [-0.4, -0.2) is 16.2 Å². The van der Waals surface area contributed by atoms with E-state index in [9.17, 15) is 4.79 Å². The van der Waals surface area contributed by atoms with Gasteiger partial charge >= 0.3 is 5.97 Å². The Kier molecular flexibility index (Phi) is 7.28. The predicted octanol–water partition coefficient (Wildman–Crippen LogP) is 6.25. The smallest absolute Gasteiger partial charge is 0.307 e. The van der Waals surface area contributed by atoms with Crippen molar-refractivity contribution in [2.24, 2.45) is 0 Å². The minimum Gasteiger partial charge on any atom is -0.489 e. The van der Waals surface area contributed by atoms with Crippen molar-refractivity contribution in [3.8, 4) is 22.8 Å². The minimum atomic E-state index is -0.850. The quantitative estimate of drug-likeness (QED) is 0.303. The molecule has 0 aliphatic heterocycles. The zero-order chi connectivity index (χ0) is 23.9. The van der Waals surface area contributed by atoms with Crippen molar-refractivity contribution >= 4 is 5.97 Å². The van der Waals surface area contributed by atoms with Crippen molar-refractivity contribution in [2.75, 3.05) is 0 Å². The molecule has 0 unspecified atom stereocenters. The molecule has 1 aromatic heterocycles. The zero-order valence-electron chi connectivity index (χ0n) is 19.2. The summed E-state index contributed by atoms with van der Waals surface area (Å²) in [4.78, 5) is 10.8. The molecule has 6 nitrogen and oxygen atoms in total. The van der Waals surface area contributed by atoms with Gasteiger partial charge in [-0.05, 0) is 35.4 Å². The largest absolute Gasteiger partial charge is 0.489 e. The molecule has 0 aliphatic carbocycles. The van der Waals surface area contributed by atoms with Gasteiger partial charge in [0.15, 0.2) is 0 Å². The highest BCUT2D eigenvalue weighted by Gasteiger charge is 2.20. The second-order valence-corrected chi connectivity index (χ2v) is 8.33.